The number of primary amides is 1. The van der Waals surface area contributed by atoms with Gasteiger partial charge in [-0.2, -0.15) is 0 Å². The van der Waals surface area contributed by atoms with Gasteiger partial charge in [0.1, 0.15) is 0 Å². The third-order valence-electron chi connectivity index (χ3n) is 3.94. The molecule has 2 aromatic carbocycles. The predicted molar refractivity (Wildman–Crippen MR) is 91.3 cm³/mol. The molecule has 4 N–H and O–H groups in total. The van der Waals surface area contributed by atoms with Gasteiger partial charge in [-0.3, -0.25) is 4.79 Å². The van der Waals surface area contributed by atoms with Crippen LogP contribution < -0.4 is 25.8 Å². The van der Waals surface area contributed by atoms with Crippen molar-refractivity contribution in [2.24, 2.45) is 5.73 Å². The van der Waals surface area contributed by atoms with Gasteiger partial charge < -0.3 is 25.8 Å². The molecule has 25 heavy (non-hydrogen) atoms. The normalized spacial score (nSPS) is 13.2. The number of benzene rings is 2. The third-order valence-corrected chi connectivity index (χ3v) is 3.94. The Morgan fingerprint density at radius 3 is 2.56 bits per heavy atom. The first-order chi connectivity index (χ1) is 12.0. The van der Waals surface area contributed by atoms with Crippen LogP contribution in [0.3, 0.4) is 0 Å². The van der Waals surface area contributed by atoms with Gasteiger partial charge in [-0.1, -0.05) is 18.2 Å². The standard InChI is InChI=1S/C18H19N3O4/c1-11(14-6-7-15-16(8-14)25-10-24-15)21-18(23)20-9-12-2-4-13(5-3-12)17(19)22/h2-8,11H,9-10H2,1H3,(H2,19,22)(H2,20,21,23)/t11-/m0/s1. The van der Waals surface area contributed by atoms with Crippen molar-refractivity contribution in [1.82, 2.24) is 10.6 Å². The maximum Gasteiger partial charge on any atom is 0.315 e. The molecule has 1 aliphatic heterocycles. The minimum atomic E-state index is -0.477. The van der Waals surface area contributed by atoms with Gasteiger partial charge in [-0.15, -0.1) is 0 Å². The summed E-state index contributed by atoms with van der Waals surface area (Å²) in [6.07, 6.45) is 0. The van der Waals surface area contributed by atoms with Gasteiger partial charge in [0.2, 0.25) is 12.7 Å². The molecule has 7 nitrogen and oxygen atoms in total. The molecule has 1 aliphatic rings. The molecule has 0 bridgehead atoms. The largest absolute Gasteiger partial charge is 0.454 e. The summed E-state index contributed by atoms with van der Waals surface area (Å²) < 4.78 is 10.6. The molecule has 0 saturated carbocycles. The molecule has 1 atom stereocenters. The highest BCUT2D eigenvalue weighted by molar-refractivity contribution is 5.92. The lowest BCUT2D eigenvalue weighted by molar-refractivity contribution is 0.1000. The summed E-state index contributed by atoms with van der Waals surface area (Å²) in [7, 11) is 0. The quantitative estimate of drug-likeness (QED) is 0.774. The highest BCUT2D eigenvalue weighted by Gasteiger charge is 2.16. The zero-order valence-corrected chi connectivity index (χ0v) is 13.7. The van der Waals surface area contributed by atoms with E-state index in [1.54, 1.807) is 24.3 Å². The van der Waals surface area contributed by atoms with Gasteiger partial charge in [-0.05, 0) is 42.3 Å². The zero-order valence-electron chi connectivity index (χ0n) is 13.7. The number of nitrogens with two attached hydrogens (primary N) is 1. The number of nitrogens with one attached hydrogen (secondary N) is 2. The van der Waals surface area contributed by atoms with Gasteiger partial charge in [0.15, 0.2) is 11.5 Å². The van der Waals surface area contributed by atoms with Crippen molar-refractivity contribution in [3.05, 3.63) is 59.2 Å². The maximum atomic E-state index is 12.1. The smallest absolute Gasteiger partial charge is 0.315 e. The number of amides is 3. The Balaban J connectivity index is 1.52. The van der Waals surface area contributed by atoms with Crippen molar-refractivity contribution in [2.75, 3.05) is 6.79 Å². The fraction of sp³-hybridized carbons (Fsp3) is 0.222. The molecule has 3 rings (SSSR count). The average molecular weight is 341 g/mol. The summed E-state index contributed by atoms with van der Waals surface area (Å²) in [5, 5.41) is 5.65. The number of fused-ring (bicyclic) bond motifs is 1. The summed E-state index contributed by atoms with van der Waals surface area (Å²) in [6.45, 7) is 2.45. The first kappa shape index (κ1) is 16.6. The van der Waals surface area contributed by atoms with E-state index in [4.69, 9.17) is 15.2 Å². The van der Waals surface area contributed by atoms with Crippen LogP contribution in [0.4, 0.5) is 4.79 Å². The Hall–Kier alpha value is -3.22. The lowest BCUT2D eigenvalue weighted by Crippen LogP contribution is -2.36. The molecule has 0 aromatic heterocycles. The highest BCUT2D eigenvalue weighted by atomic mass is 16.7. The second-order valence-electron chi connectivity index (χ2n) is 5.72. The molecular weight excluding hydrogens is 322 g/mol. The van der Waals surface area contributed by atoms with Crippen LogP contribution >= 0.6 is 0 Å². The van der Waals surface area contributed by atoms with E-state index in [2.05, 4.69) is 10.6 Å². The fourth-order valence-corrected chi connectivity index (χ4v) is 2.48. The Morgan fingerprint density at radius 2 is 1.84 bits per heavy atom. The van der Waals surface area contributed by atoms with E-state index in [1.165, 1.54) is 0 Å². The molecule has 2 aromatic rings. The van der Waals surface area contributed by atoms with E-state index >= 15 is 0 Å². The van der Waals surface area contributed by atoms with E-state index in [-0.39, 0.29) is 18.9 Å². The van der Waals surface area contributed by atoms with Crippen molar-refractivity contribution < 1.29 is 19.1 Å². The molecular formula is C18H19N3O4. The summed E-state index contributed by atoms with van der Waals surface area (Å²) in [4.78, 5) is 23.1. The van der Waals surface area contributed by atoms with Crippen molar-refractivity contribution in [2.45, 2.75) is 19.5 Å². The van der Waals surface area contributed by atoms with Gasteiger partial charge in [0.05, 0.1) is 6.04 Å². The number of hydrogen-bond donors (Lipinski definition) is 3. The van der Waals surface area contributed by atoms with Crippen LogP contribution in [0, 0.1) is 0 Å². The molecule has 0 fully saturated rings. The van der Waals surface area contributed by atoms with Crippen LogP contribution in [0.15, 0.2) is 42.5 Å². The lowest BCUT2D eigenvalue weighted by atomic mass is 10.1. The minimum Gasteiger partial charge on any atom is -0.454 e. The van der Waals surface area contributed by atoms with Crippen molar-refractivity contribution in [1.29, 1.82) is 0 Å². The summed E-state index contributed by atoms with van der Waals surface area (Å²) in [6, 6.07) is 11.9. The number of ether oxygens (including phenoxy) is 2. The monoisotopic (exact) mass is 341 g/mol. The van der Waals surface area contributed by atoms with Crippen LogP contribution in [-0.4, -0.2) is 18.7 Å². The van der Waals surface area contributed by atoms with Crippen LogP contribution in [0.2, 0.25) is 0 Å². The molecule has 0 saturated heterocycles. The Bertz CT molecular complexity index is 789. The Labute approximate surface area is 145 Å². The number of carbonyl (C=O) groups excluding carboxylic acids is 2. The van der Waals surface area contributed by atoms with Crippen molar-refractivity contribution >= 4 is 11.9 Å². The SMILES string of the molecule is C[C@H](NC(=O)NCc1ccc(C(N)=O)cc1)c1ccc2c(c1)OCO2. The van der Waals surface area contributed by atoms with Crippen LogP contribution in [-0.2, 0) is 6.54 Å². The Morgan fingerprint density at radius 1 is 1.12 bits per heavy atom. The fourth-order valence-electron chi connectivity index (χ4n) is 2.48. The molecule has 0 radical (unpaired) electrons. The van der Waals surface area contributed by atoms with E-state index in [0.717, 1.165) is 11.1 Å². The lowest BCUT2D eigenvalue weighted by Gasteiger charge is -2.15. The third kappa shape index (κ3) is 4.00. The molecule has 0 spiro atoms. The van der Waals surface area contributed by atoms with Crippen molar-refractivity contribution in [3.63, 3.8) is 0 Å². The summed E-state index contributed by atoms with van der Waals surface area (Å²) in [5.74, 6) is 0.913. The maximum absolute atomic E-state index is 12.1. The van der Waals surface area contributed by atoms with Gasteiger partial charge in [0.25, 0.3) is 0 Å². The summed E-state index contributed by atoms with van der Waals surface area (Å²) in [5.41, 5.74) is 7.42. The molecule has 3 amide bonds. The average Bonchev–Trinajstić information content (AvgIpc) is 3.08. The number of rotatable bonds is 5. The van der Waals surface area contributed by atoms with Gasteiger partial charge >= 0.3 is 6.03 Å². The van der Waals surface area contributed by atoms with Crippen LogP contribution in [0.1, 0.15) is 34.5 Å². The van der Waals surface area contributed by atoms with E-state index in [0.29, 0.717) is 23.6 Å². The van der Waals surface area contributed by atoms with E-state index < -0.39 is 5.91 Å². The highest BCUT2D eigenvalue weighted by Crippen LogP contribution is 2.34. The van der Waals surface area contributed by atoms with E-state index in [1.807, 2.05) is 25.1 Å². The molecule has 1 heterocycles. The molecule has 130 valence electrons. The summed E-state index contributed by atoms with van der Waals surface area (Å²) >= 11 is 0. The predicted octanol–water partition coefficient (Wildman–Crippen LogP) is 2.07. The minimum absolute atomic E-state index is 0.188. The van der Waals surface area contributed by atoms with Crippen LogP contribution in [0.25, 0.3) is 0 Å². The molecule has 0 aliphatic carbocycles. The topological polar surface area (TPSA) is 103 Å². The second-order valence-corrected chi connectivity index (χ2v) is 5.72. The van der Waals surface area contributed by atoms with Gasteiger partial charge in [0, 0.05) is 12.1 Å². The first-order valence-electron chi connectivity index (χ1n) is 7.85. The van der Waals surface area contributed by atoms with Crippen molar-refractivity contribution in [3.8, 4) is 11.5 Å². The second kappa shape index (κ2) is 7.12. The van der Waals surface area contributed by atoms with Crippen LogP contribution in [0.5, 0.6) is 11.5 Å². The zero-order chi connectivity index (χ0) is 17.8. The number of hydrogen-bond acceptors (Lipinski definition) is 4. The van der Waals surface area contributed by atoms with E-state index in [9.17, 15) is 9.59 Å². The number of carbonyl (C=O) groups is 2. The molecule has 7 heteroatoms. The number of urea groups is 1. The Kier molecular flexibility index (Phi) is 4.74. The first-order valence-corrected chi connectivity index (χ1v) is 7.85. The van der Waals surface area contributed by atoms with Gasteiger partial charge in [-0.25, -0.2) is 4.79 Å². The molecule has 0 unspecified atom stereocenters.